The molecular formula is C14H18ClN3O4. The number of aromatic hydroxyl groups is 1. The highest BCUT2D eigenvalue weighted by atomic mass is 35.5. The molecule has 0 aliphatic carbocycles. The van der Waals surface area contributed by atoms with Crippen LogP contribution in [0.15, 0.2) is 17.2 Å². The van der Waals surface area contributed by atoms with E-state index in [0.717, 1.165) is 6.42 Å². The molecule has 0 heterocycles. The molecule has 1 rings (SSSR count). The highest BCUT2D eigenvalue weighted by Gasteiger charge is 2.11. The quantitative estimate of drug-likeness (QED) is 0.418. The lowest BCUT2D eigenvalue weighted by Crippen LogP contribution is -2.38. The standard InChI is InChI=1S/C14H18ClN3O4/c1-3-5-16-13(20)14(21)18-17-8-9-6-10(15)12(19)11(7-9)22-4-2/h6-8,19H,3-5H2,1-2H3,(H,16,20)(H,18,21)/b17-8-. The van der Waals surface area contributed by atoms with Gasteiger partial charge in [0, 0.05) is 6.54 Å². The van der Waals surface area contributed by atoms with E-state index in [2.05, 4.69) is 15.8 Å². The third kappa shape index (κ3) is 5.25. The van der Waals surface area contributed by atoms with Crippen LogP contribution in [-0.4, -0.2) is 36.3 Å². The van der Waals surface area contributed by atoms with Gasteiger partial charge >= 0.3 is 11.8 Å². The van der Waals surface area contributed by atoms with Crippen LogP contribution in [0.1, 0.15) is 25.8 Å². The number of carbonyl (C=O) groups excluding carboxylic acids is 2. The van der Waals surface area contributed by atoms with Gasteiger partial charge in [-0.1, -0.05) is 18.5 Å². The molecule has 0 spiro atoms. The molecule has 0 bridgehead atoms. The van der Waals surface area contributed by atoms with E-state index in [9.17, 15) is 14.7 Å². The minimum Gasteiger partial charge on any atom is -0.503 e. The summed E-state index contributed by atoms with van der Waals surface area (Å²) in [5.74, 6) is -1.57. The van der Waals surface area contributed by atoms with Crippen molar-refractivity contribution in [2.75, 3.05) is 13.2 Å². The number of rotatable bonds is 6. The first-order valence-corrected chi connectivity index (χ1v) is 7.13. The molecular weight excluding hydrogens is 310 g/mol. The van der Waals surface area contributed by atoms with Crippen molar-refractivity contribution in [2.45, 2.75) is 20.3 Å². The molecule has 0 fully saturated rings. The number of amides is 2. The number of hydrazone groups is 1. The highest BCUT2D eigenvalue weighted by molar-refractivity contribution is 6.35. The average molecular weight is 328 g/mol. The molecule has 120 valence electrons. The van der Waals surface area contributed by atoms with Crippen LogP contribution in [0.3, 0.4) is 0 Å². The van der Waals surface area contributed by atoms with Crippen molar-refractivity contribution in [1.82, 2.24) is 10.7 Å². The van der Waals surface area contributed by atoms with Crippen molar-refractivity contribution in [1.29, 1.82) is 0 Å². The fourth-order valence-corrected chi connectivity index (χ4v) is 1.69. The second-order valence-corrected chi connectivity index (χ2v) is 4.64. The monoisotopic (exact) mass is 327 g/mol. The van der Waals surface area contributed by atoms with Crippen molar-refractivity contribution in [3.63, 3.8) is 0 Å². The Labute approximate surface area is 133 Å². The molecule has 0 saturated carbocycles. The van der Waals surface area contributed by atoms with E-state index in [1.54, 1.807) is 6.92 Å². The summed E-state index contributed by atoms with van der Waals surface area (Å²) in [5.41, 5.74) is 2.60. The zero-order valence-electron chi connectivity index (χ0n) is 12.4. The van der Waals surface area contributed by atoms with Gasteiger partial charge in [0.15, 0.2) is 11.5 Å². The number of halogens is 1. The molecule has 1 aromatic carbocycles. The Kier molecular flexibility index (Phi) is 7.18. The normalized spacial score (nSPS) is 10.5. The Bertz CT molecular complexity index is 575. The van der Waals surface area contributed by atoms with Crippen LogP contribution in [-0.2, 0) is 9.59 Å². The SMILES string of the molecule is CCCNC(=O)C(=O)N/N=C\c1cc(Cl)c(O)c(OCC)c1. The molecule has 0 unspecified atom stereocenters. The van der Waals surface area contributed by atoms with Gasteiger partial charge in [0.1, 0.15) is 0 Å². The molecule has 8 heteroatoms. The lowest BCUT2D eigenvalue weighted by molar-refractivity contribution is -0.139. The smallest absolute Gasteiger partial charge is 0.329 e. The van der Waals surface area contributed by atoms with Crippen LogP contribution in [0.2, 0.25) is 5.02 Å². The number of benzene rings is 1. The highest BCUT2D eigenvalue weighted by Crippen LogP contribution is 2.34. The first-order valence-electron chi connectivity index (χ1n) is 6.76. The minimum absolute atomic E-state index is 0.0967. The Morgan fingerprint density at radius 1 is 1.36 bits per heavy atom. The maximum atomic E-state index is 11.4. The minimum atomic E-state index is -0.861. The third-order valence-corrected chi connectivity index (χ3v) is 2.76. The number of hydrogen-bond donors (Lipinski definition) is 3. The van der Waals surface area contributed by atoms with E-state index in [1.807, 2.05) is 6.92 Å². The van der Waals surface area contributed by atoms with Crippen LogP contribution in [0.4, 0.5) is 0 Å². The van der Waals surface area contributed by atoms with Crippen molar-refractivity contribution in [3.8, 4) is 11.5 Å². The maximum Gasteiger partial charge on any atom is 0.329 e. The van der Waals surface area contributed by atoms with Gasteiger partial charge < -0.3 is 15.2 Å². The fourth-order valence-electron chi connectivity index (χ4n) is 1.47. The number of phenolic OH excluding ortho intramolecular Hbond substituents is 1. The topological polar surface area (TPSA) is 100 Å². The van der Waals surface area contributed by atoms with Gasteiger partial charge in [-0.15, -0.1) is 0 Å². The zero-order chi connectivity index (χ0) is 16.5. The molecule has 0 aromatic heterocycles. The average Bonchev–Trinajstić information content (AvgIpc) is 2.49. The molecule has 0 atom stereocenters. The van der Waals surface area contributed by atoms with Crippen molar-refractivity contribution >= 4 is 29.6 Å². The summed E-state index contributed by atoms with van der Waals surface area (Å²) in [7, 11) is 0. The number of nitrogens with zero attached hydrogens (tertiary/aromatic N) is 1. The second kappa shape index (κ2) is 8.89. The molecule has 0 aliphatic rings. The Morgan fingerprint density at radius 2 is 2.09 bits per heavy atom. The summed E-state index contributed by atoms with van der Waals surface area (Å²) in [6, 6.07) is 2.96. The lowest BCUT2D eigenvalue weighted by atomic mass is 10.2. The van der Waals surface area contributed by atoms with Crippen LogP contribution in [0, 0.1) is 0 Å². The molecule has 22 heavy (non-hydrogen) atoms. The van der Waals surface area contributed by atoms with Crippen molar-refractivity contribution in [2.24, 2.45) is 5.10 Å². The summed E-state index contributed by atoms with van der Waals surface area (Å²) in [6.45, 7) is 4.42. The fraction of sp³-hybridized carbons (Fsp3) is 0.357. The van der Waals surface area contributed by atoms with Gasteiger partial charge in [-0.2, -0.15) is 5.10 Å². The first kappa shape index (κ1) is 17.8. The third-order valence-electron chi connectivity index (χ3n) is 2.47. The molecule has 0 aliphatic heterocycles. The maximum absolute atomic E-state index is 11.4. The summed E-state index contributed by atoms with van der Waals surface area (Å²) < 4.78 is 5.22. The predicted molar refractivity (Wildman–Crippen MR) is 83.3 cm³/mol. The van der Waals surface area contributed by atoms with Gasteiger partial charge in [-0.05, 0) is 31.0 Å². The van der Waals surface area contributed by atoms with Crippen LogP contribution in [0.25, 0.3) is 0 Å². The summed E-state index contributed by atoms with van der Waals surface area (Å²) in [4.78, 5) is 22.7. The molecule has 0 radical (unpaired) electrons. The summed E-state index contributed by atoms with van der Waals surface area (Å²) in [5, 5.41) is 15.9. The molecule has 7 nitrogen and oxygen atoms in total. The Balaban J connectivity index is 2.70. The Morgan fingerprint density at radius 3 is 2.73 bits per heavy atom. The van der Waals surface area contributed by atoms with Gasteiger partial charge in [0.25, 0.3) is 0 Å². The van der Waals surface area contributed by atoms with E-state index >= 15 is 0 Å². The van der Waals surface area contributed by atoms with Crippen LogP contribution < -0.4 is 15.5 Å². The van der Waals surface area contributed by atoms with E-state index in [-0.39, 0.29) is 16.5 Å². The summed E-state index contributed by atoms with van der Waals surface area (Å²) in [6.07, 6.45) is 2.02. The van der Waals surface area contributed by atoms with Gasteiger partial charge in [0.05, 0.1) is 17.8 Å². The van der Waals surface area contributed by atoms with E-state index in [4.69, 9.17) is 16.3 Å². The molecule has 3 N–H and O–H groups in total. The number of ether oxygens (including phenoxy) is 1. The van der Waals surface area contributed by atoms with E-state index < -0.39 is 11.8 Å². The zero-order valence-corrected chi connectivity index (χ0v) is 13.1. The first-order chi connectivity index (χ1) is 10.5. The molecule has 1 aromatic rings. The van der Waals surface area contributed by atoms with Crippen LogP contribution in [0.5, 0.6) is 11.5 Å². The number of carbonyl (C=O) groups is 2. The molecule has 0 saturated heterocycles. The Hall–Kier alpha value is -2.28. The molecule has 2 amide bonds. The van der Waals surface area contributed by atoms with Gasteiger partial charge in [-0.25, -0.2) is 5.43 Å². The number of nitrogens with one attached hydrogen (secondary N) is 2. The van der Waals surface area contributed by atoms with Crippen LogP contribution >= 0.6 is 11.6 Å². The predicted octanol–water partition coefficient (Wildman–Crippen LogP) is 1.42. The van der Waals surface area contributed by atoms with E-state index in [1.165, 1.54) is 18.3 Å². The number of phenols is 1. The second-order valence-electron chi connectivity index (χ2n) is 4.24. The lowest BCUT2D eigenvalue weighted by Gasteiger charge is -2.08. The van der Waals surface area contributed by atoms with E-state index in [0.29, 0.717) is 18.7 Å². The largest absolute Gasteiger partial charge is 0.503 e. The van der Waals surface area contributed by atoms with Gasteiger partial charge in [-0.3, -0.25) is 9.59 Å². The van der Waals surface area contributed by atoms with Crippen molar-refractivity contribution < 1.29 is 19.4 Å². The van der Waals surface area contributed by atoms with Crippen molar-refractivity contribution in [3.05, 3.63) is 22.7 Å². The van der Waals surface area contributed by atoms with Gasteiger partial charge in [0.2, 0.25) is 0 Å². The summed E-state index contributed by atoms with van der Waals surface area (Å²) >= 11 is 5.86. The number of hydrogen-bond acceptors (Lipinski definition) is 5.